The Balaban J connectivity index is 1.67. The van der Waals surface area contributed by atoms with E-state index >= 15 is 0 Å². The molecular weight excluding hydrogens is 393 g/mol. The van der Waals surface area contributed by atoms with Crippen molar-refractivity contribution < 1.29 is 19.0 Å². The number of rotatable bonds is 8. The Kier molecular flexibility index (Phi) is 6.25. The molecule has 0 bridgehead atoms. The highest BCUT2D eigenvalue weighted by Crippen LogP contribution is 2.50. The van der Waals surface area contributed by atoms with Gasteiger partial charge in [-0.2, -0.15) is 0 Å². The lowest BCUT2D eigenvalue weighted by atomic mass is 9.79. The predicted molar refractivity (Wildman–Crippen MR) is 119 cm³/mol. The molecule has 1 atom stereocenters. The zero-order valence-electron chi connectivity index (χ0n) is 18.0. The lowest BCUT2D eigenvalue weighted by molar-refractivity contribution is 0.0687. The number of halogens is 1. The van der Waals surface area contributed by atoms with Crippen LogP contribution in [0, 0.1) is 5.82 Å². The number of ether oxygens (including phenoxy) is 2. The fourth-order valence-electron chi connectivity index (χ4n) is 4.13. The van der Waals surface area contributed by atoms with Crippen molar-refractivity contribution in [2.24, 2.45) is 0 Å². The van der Waals surface area contributed by atoms with Crippen LogP contribution in [0.25, 0.3) is 0 Å². The molecule has 5 heteroatoms. The second kappa shape index (κ2) is 9.08. The first-order valence-corrected chi connectivity index (χ1v) is 10.8. The Bertz CT molecular complexity index is 1040. The van der Waals surface area contributed by atoms with Gasteiger partial charge in [0.25, 0.3) is 0 Å². The quantitative estimate of drug-likeness (QED) is 0.548. The van der Waals surface area contributed by atoms with Crippen LogP contribution in [-0.4, -0.2) is 36.2 Å². The van der Waals surface area contributed by atoms with Crippen LogP contribution < -0.4 is 9.47 Å². The Morgan fingerprint density at radius 3 is 2.48 bits per heavy atom. The van der Waals surface area contributed by atoms with Gasteiger partial charge in [0, 0.05) is 30.2 Å². The van der Waals surface area contributed by atoms with E-state index in [0.29, 0.717) is 35.7 Å². The Morgan fingerprint density at radius 1 is 0.968 bits per heavy atom. The first kappa shape index (κ1) is 21.3. The topological polar surface area (TPSA) is 41.9 Å². The standard InChI is InChI=1S/C26H28FNO3/c1-3-28(4-2)15-16-30-20-13-14-21-24(17-20)31-25-22(11-8-12-23(25)27)26(21,29)18-19-9-6-5-7-10-19/h5-14,17,29H,3-4,15-16,18H2,1-2H3. The number of fused-ring (bicyclic) bond motifs is 2. The minimum Gasteiger partial charge on any atom is -0.492 e. The molecule has 31 heavy (non-hydrogen) atoms. The summed E-state index contributed by atoms with van der Waals surface area (Å²) in [7, 11) is 0. The van der Waals surface area contributed by atoms with Crippen LogP contribution >= 0.6 is 0 Å². The maximum absolute atomic E-state index is 14.6. The normalized spacial score (nSPS) is 17.1. The lowest BCUT2D eigenvalue weighted by Crippen LogP contribution is -2.34. The van der Waals surface area contributed by atoms with Crippen LogP contribution in [0.2, 0.25) is 0 Å². The van der Waals surface area contributed by atoms with Crippen molar-refractivity contribution in [3.63, 3.8) is 0 Å². The average Bonchev–Trinajstić information content (AvgIpc) is 2.78. The molecule has 0 aliphatic carbocycles. The highest BCUT2D eigenvalue weighted by Gasteiger charge is 2.42. The van der Waals surface area contributed by atoms with Crippen LogP contribution in [0.1, 0.15) is 30.5 Å². The molecule has 162 valence electrons. The van der Waals surface area contributed by atoms with E-state index in [1.54, 1.807) is 18.2 Å². The second-order valence-electron chi connectivity index (χ2n) is 7.77. The fraction of sp³-hybridized carbons (Fsp3) is 0.308. The number of benzene rings is 3. The summed E-state index contributed by atoms with van der Waals surface area (Å²) in [6.45, 7) is 7.54. The highest BCUT2D eigenvalue weighted by molar-refractivity contribution is 5.58. The van der Waals surface area contributed by atoms with E-state index in [2.05, 4.69) is 18.7 Å². The predicted octanol–water partition coefficient (Wildman–Crippen LogP) is 5.13. The van der Waals surface area contributed by atoms with Gasteiger partial charge >= 0.3 is 0 Å². The van der Waals surface area contributed by atoms with Crippen LogP contribution in [0.3, 0.4) is 0 Å². The van der Waals surface area contributed by atoms with Gasteiger partial charge in [0.1, 0.15) is 23.7 Å². The largest absolute Gasteiger partial charge is 0.492 e. The molecular formula is C26H28FNO3. The molecule has 4 rings (SSSR count). The molecule has 3 aromatic carbocycles. The van der Waals surface area contributed by atoms with Crippen LogP contribution in [-0.2, 0) is 12.0 Å². The van der Waals surface area contributed by atoms with Crippen molar-refractivity contribution in [3.05, 3.63) is 89.2 Å². The van der Waals surface area contributed by atoms with Gasteiger partial charge in [0.15, 0.2) is 11.6 Å². The van der Waals surface area contributed by atoms with Crippen molar-refractivity contribution in [1.29, 1.82) is 0 Å². The smallest absolute Gasteiger partial charge is 0.169 e. The van der Waals surface area contributed by atoms with E-state index < -0.39 is 11.4 Å². The van der Waals surface area contributed by atoms with E-state index in [-0.39, 0.29) is 5.75 Å². The molecule has 1 aliphatic rings. The molecule has 3 aromatic rings. The Morgan fingerprint density at radius 2 is 1.74 bits per heavy atom. The number of hydrogen-bond donors (Lipinski definition) is 1. The zero-order valence-corrected chi connectivity index (χ0v) is 18.0. The van der Waals surface area contributed by atoms with E-state index in [9.17, 15) is 9.50 Å². The molecule has 0 fully saturated rings. The monoisotopic (exact) mass is 421 g/mol. The van der Waals surface area contributed by atoms with Gasteiger partial charge < -0.3 is 19.5 Å². The zero-order chi connectivity index (χ0) is 21.8. The summed E-state index contributed by atoms with van der Waals surface area (Å²) in [6, 6.07) is 19.8. The number of likely N-dealkylation sites (N-methyl/N-ethyl adjacent to an activating group) is 1. The summed E-state index contributed by atoms with van der Waals surface area (Å²) in [5, 5.41) is 11.9. The lowest BCUT2D eigenvalue weighted by Gasteiger charge is -2.36. The number of nitrogens with zero attached hydrogens (tertiary/aromatic N) is 1. The third kappa shape index (κ3) is 4.29. The molecule has 0 spiro atoms. The van der Waals surface area contributed by atoms with E-state index in [1.807, 2.05) is 42.5 Å². The third-order valence-electron chi connectivity index (χ3n) is 5.90. The van der Waals surface area contributed by atoms with Gasteiger partial charge in [-0.25, -0.2) is 4.39 Å². The molecule has 1 heterocycles. The van der Waals surface area contributed by atoms with E-state index in [1.165, 1.54) is 6.07 Å². The van der Waals surface area contributed by atoms with Gasteiger partial charge in [0.2, 0.25) is 0 Å². The van der Waals surface area contributed by atoms with E-state index in [0.717, 1.165) is 25.2 Å². The van der Waals surface area contributed by atoms with Crippen LogP contribution in [0.15, 0.2) is 66.7 Å². The summed E-state index contributed by atoms with van der Waals surface area (Å²) < 4.78 is 26.5. The molecule has 0 radical (unpaired) electrons. The molecule has 0 amide bonds. The number of para-hydroxylation sites is 1. The molecule has 1 unspecified atom stereocenters. The Hall–Kier alpha value is -2.89. The minimum absolute atomic E-state index is 0.0636. The molecule has 4 nitrogen and oxygen atoms in total. The second-order valence-corrected chi connectivity index (χ2v) is 7.77. The van der Waals surface area contributed by atoms with E-state index in [4.69, 9.17) is 9.47 Å². The first-order valence-electron chi connectivity index (χ1n) is 10.8. The van der Waals surface area contributed by atoms with Gasteiger partial charge in [-0.05, 0) is 36.9 Å². The fourth-order valence-corrected chi connectivity index (χ4v) is 4.13. The van der Waals surface area contributed by atoms with Gasteiger partial charge in [-0.15, -0.1) is 0 Å². The number of aliphatic hydroxyl groups is 1. The summed E-state index contributed by atoms with van der Waals surface area (Å²) in [4.78, 5) is 2.28. The Labute approximate surface area is 182 Å². The number of hydrogen-bond acceptors (Lipinski definition) is 4. The van der Waals surface area contributed by atoms with Crippen molar-refractivity contribution in [1.82, 2.24) is 4.90 Å². The average molecular weight is 422 g/mol. The SMILES string of the molecule is CCN(CC)CCOc1ccc2c(c1)Oc1c(F)cccc1C2(O)Cc1ccccc1. The summed E-state index contributed by atoms with van der Waals surface area (Å²) in [6.07, 6.45) is 0.308. The molecule has 0 saturated carbocycles. The van der Waals surface area contributed by atoms with Gasteiger partial charge in [-0.3, -0.25) is 0 Å². The van der Waals surface area contributed by atoms with Crippen molar-refractivity contribution in [2.45, 2.75) is 25.9 Å². The molecule has 1 N–H and O–H groups in total. The summed E-state index contributed by atoms with van der Waals surface area (Å²) in [5.74, 6) is 0.611. The highest BCUT2D eigenvalue weighted by atomic mass is 19.1. The molecule has 1 aliphatic heterocycles. The maximum atomic E-state index is 14.6. The first-order chi connectivity index (χ1) is 15.0. The maximum Gasteiger partial charge on any atom is 0.169 e. The third-order valence-corrected chi connectivity index (χ3v) is 5.90. The van der Waals surface area contributed by atoms with Crippen LogP contribution in [0.4, 0.5) is 4.39 Å². The summed E-state index contributed by atoms with van der Waals surface area (Å²) >= 11 is 0. The van der Waals surface area contributed by atoms with Crippen molar-refractivity contribution in [2.75, 3.05) is 26.2 Å². The molecule has 0 saturated heterocycles. The van der Waals surface area contributed by atoms with Crippen molar-refractivity contribution >= 4 is 0 Å². The van der Waals surface area contributed by atoms with Crippen LogP contribution in [0.5, 0.6) is 17.2 Å². The van der Waals surface area contributed by atoms with Crippen molar-refractivity contribution in [3.8, 4) is 17.2 Å². The molecule has 0 aromatic heterocycles. The minimum atomic E-state index is -1.41. The summed E-state index contributed by atoms with van der Waals surface area (Å²) in [5.41, 5.74) is 0.573. The van der Waals surface area contributed by atoms with Gasteiger partial charge in [0.05, 0.1) is 0 Å². The van der Waals surface area contributed by atoms with Gasteiger partial charge in [-0.1, -0.05) is 56.3 Å².